The van der Waals surface area contributed by atoms with Crippen molar-refractivity contribution >= 4 is 20.2 Å². The monoisotopic (exact) mass is 393 g/mol. The van der Waals surface area contributed by atoms with Crippen molar-refractivity contribution in [3.8, 4) is 0 Å². The Balaban J connectivity index is 2.18. The van der Waals surface area contributed by atoms with Gasteiger partial charge >= 0.3 is 5.97 Å². The zero-order valence-electron chi connectivity index (χ0n) is 16.9. The van der Waals surface area contributed by atoms with Crippen LogP contribution in [0.15, 0.2) is 24.3 Å². The van der Waals surface area contributed by atoms with Crippen molar-refractivity contribution < 1.29 is 23.9 Å². The summed E-state index contributed by atoms with van der Waals surface area (Å²) in [6.07, 6.45) is -0.169. The number of morpholine rings is 1. The summed E-state index contributed by atoms with van der Waals surface area (Å²) in [5, 5.41) is 9.21. The molecule has 1 aromatic rings. The number of hydrogen-bond acceptors (Lipinski definition) is 4. The SMILES string of the molecule is CC(C)(C)[Si](C)(C)OCC1COCCN1C(=O)c1ccccc1CC(=O)O. The van der Waals surface area contributed by atoms with Crippen LogP contribution in [0.5, 0.6) is 0 Å². The molecule has 1 heterocycles. The van der Waals surface area contributed by atoms with Gasteiger partial charge in [0, 0.05) is 12.1 Å². The fraction of sp³-hybridized carbons (Fsp3) is 0.600. The van der Waals surface area contributed by atoms with Gasteiger partial charge in [-0.05, 0) is 29.8 Å². The molecule has 6 nitrogen and oxygen atoms in total. The molecule has 0 radical (unpaired) electrons. The van der Waals surface area contributed by atoms with Gasteiger partial charge < -0.3 is 19.2 Å². The molecule has 1 aromatic carbocycles. The molecule has 27 heavy (non-hydrogen) atoms. The van der Waals surface area contributed by atoms with Crippen molar-refractivity contribution in [1.29, 1.82) is 0 Å². The number of carboxylic acids is 1. The quantitative estimate of drug-likeness (QED) is 0.751. The van der Waals surface area contributed by atoms with Crippen LogP contribution >= 0.6 is 0 Å². The van der Waals surface area contributed by atoms with E-state index in [2.05, 4.69) is 33.9 Å². The van der Waals surface area contributed by atoms with E-state index in [4.69, 9.17) is 14.3 Å². The van der Waals surface area contributed by atoms with Crippen molar-refractivity contribution in [2.24, 2.45) is 0 Å². The maximum atomic E-state index is 13.2. The van der Waals surface area contributed by atoms with Crippen molar-refractivity contribution in [3.63, 3.8) is 0 Å². The largest absolute Gasteiger partial charge is 0.481 e. The summed E-state index contributed by atoms with van der Waals surface area (Å²) in [5.41, 5.74) is 0.977. The van der Waals surface area contributed by atoms with Crippen molar-refractivity contribution in [2.75, 3.05) is 26.4 Å². The Morgan fingerprint density at radius 3 is 2.59 bits per heavy atom. The van der Waals surface area contributed by atoms with Gasteiger partial charge in [0.15, 0.2) is 8.32 Å². The highest BCUT2D eigenvalue weighted by atomic mass is 28.4. The minimum atomic E-state index is -1.94. The average Bonchev–Trinajstić information content (AvgIpc) is 2.59. The molecule has 0 aliphatic carbocycles. The highest BCUT2D eigenvalue weighted by Gasteiger charge is 2.39. The number of amides is 1. The number of nitrogens with zero attached hydrogens (tertiary/aromatic N) is 1. The van der Waals surface area contributed by atoms with Gasteiger partial charge in [0.1, 0.15) is 0 Å². The lowest BCUT2D eigenvalue weighted by atomic mass is 10.0. The zero-order valence-corrected chi connectivity index (χ0v) is 17.9. The summed E-state index contributed by atoms with van der Waals surface area (Å²) in [6, 6.07) is 6.75. The minimum Gasteiger partial charge on any atom is -0.481 e. The van der Waals surface area contributed by atoms with E-state index in [1.165, 1.54) is 0 Å². The molecule has 1 N–H and O–H groups in total. The van der Waals surface area contributed by atoms with E-state index in [0.717, 1.165) is 0 Å². The summed E-state index contributed by atoms with van der Waals surface area (Å²) in [7, 11) is -1.94. The van der Waals surface area contributed by atoms with Gasteiger partial charge in [0.05, 0.1) is 32.3 Å². The molecule has 1 atom stereocenters. The van der Waals surface area contributed by atoms with Crippen LogP contribution in [-0.2, 0) is 20.4 Å². The van der Waals surface area contributed by atoms with Gasteiger partial charge in [-0.3, -0.25) is 9.59 Å². The Hall–Kier alpha value is -1.70. The number of carboxylic acid groups (broad SMARTS) is 1. The minimum absolute atomic E-state index is 0.0887. The molecule has 1 unspecified atom stereocenters. The number of ether oxygens (including phenoxy) is 1. The normalized spacial score (nSPS) is 18.4. The van der Waals surface area contributed by atoms with Crippen LogP contribution in [0, 0.1) is 0 Å². The molecule has 1 aliphatic heterocycles. The Morgan fingerprint density at radius 1 is 1.30 bits per heavy atom. The highest BCUT2D eigenvalue weighted by Crippen LogP contribution is 2.36. The van der Waals surface area contributed by atoms with Gasteiger partial charge in [0.25, 0.3) is 5.91 Å². The molecule has 150 valence electrons. The molecule has 1 fully saturated rings. The summed E-state index contributed by atoms with van der Waals surface area (Å²) in [4.78, 5) is 26.1. The number of rotatable bonds is 6. The molecule has 1 aliphatic rings. The van der Waals surface area contributed by atoms with Crippen LogP contribution in [0.3, 0.4) is 0 Å². The third kappa shape index (κ3) is 5.40. The maximum Gasteiger partial charge on any atom is 0.307 e. The third-order valence-electron chi connectivity index (χ3n) is 5.52. The van der Waals surface area contributed by atoms with Gasteiger partial charge in [-0.1, -0.05) is 39.0 Å². The summed E-state index contributed by atoms with van der Waals surface area (Å²) >= 11 is 0. The van der Waals surface area contributed by atoms with Crippen molar-refractivity contribution in [1.82, 2.24) is 4.90 Å². The first-order valence-electron chi connectivity index (χ1n) is 9.35. The van der Waals surface area contributed by atoms with Crippen LogP contribution < -0.4 is 0 Å². The molecule has 1 saturated heterocycles. The number of aliphatic carboxylic acids is 1. The Morgan fingerprint density at radius 2 is 1.96 bits per heavy atom. The van der Waals surface area contributed by atoms with E-state index in [9.17, 15) is 9.59 Å². The van der Waals surface area contributed by atoms with E-state index >= 15 is 0 Å². The Kier molecular flexibility index (Phi) is 6.83. The first kappa shape index (κ1) is 21.6. The molecular weight excluding hydrogens is 362 g/mol. The number of benzene rings is 1. The third-order valence-corrected chi connectivity index (χ3v) is 10.0. The second-order valence-electron chi connectivity index (χ2n) is 8.53. The lowest BCUT2D eigenvalue weighted by molar-refractivity contribution is -0.136. The van der Waals surface area contributed by atoms with Crippen LogP contribution in [-0.4, -0.2) is 62.6 Å². The second-order valence-corrected chi connectivity index (χ2v) is 13.3. The molecule has 1 amide bonds. The van der Waals surface area contributed by atoms with E-state index < -0.39 is 14.3 Å². The summed E-state index contributed by atoms with van der Waals surface area (Å²) < 4.78 is 11.9. The lowest BCUT2D eigenvalue weighted by Crippen LogP contribution is -2.53. The van der Waals surface area contributed by atoms with Gasteiger partial charge in [-0.2, -0.15) is 0 Å². The number of carbonyl (C=O) groups excluding carboxylic acids is 1. The maximum absolute atomic E-state index is 13.2. The molecule has 0 bridgehead atoms. The first-order chi connectivity index (χ1) is 12.5. The van der Waals surface area contributed by atoms with Crippen LogP contribution in [0.25, 0.3) is 0 Å². The van der Waals surface area contributed by atoms with Gasteiger partial charge in [0.2, 0.25) is 0 Å². The summed E-state index contributed by atoms with van der Waals surface area (Å²) in [6.45, 7) is 12.7. The van der Waals surface area contributed by atoms with E-state index in [-0.39, 0.29) is 23.4 Å². The molecule has 0 saturated carbocycles. The highest BCUT2D eigenvalue weighted by molar-refractivity contribution is 6.74. The lowest BCUT2D eigenvalue weighted by Gasteiger charge is -2.41. The summed E-state index contributed by atoms with van der Waals surface area (Å²) in [5.74, 6) is -1.10. The van der Waals surface area contributed by atoms with Crippen LogP contribution in [0.4, 0.5) is 0 Å². The Bertz CT molecular complexity index is 683. The molecule has 0 spiro atoms. The average molecular weight is 394 g/mol. The second kappa shape index (κ2) is 8.54. The van der Waals surface area contributed by atoms with Crippen molar-refractivity contribution in [2.45, 2.75) is 51.4 Å². The molecular formula is C20H31NO5Si. The zero-order chi connectivity index (χ0) is 20.2. The number of carbonyl (C=O) groups is 2. The predicted octanol–water partition coefficient (Wildman–Crippen LogP) is 3.18. The predicted molar refractivity (Wildman–Crippen MR) is 107 cm³/mol. The molecule has 0 aromatic heterocycles. The fourth-order valence-electron chi connectivity index (χ4n) is 2.78. The molecule has 7 heteroatoms. The smallest absolute Gasteiger partial charge is 0.307 e. The van der Waals surface area contributed by atoms with Gasteiger partial charge in [-0.25, -0.2) is 0 Å². The first-order valence-corrected chi connectivity index (χ1v) is 12.3. The fourth-order valence-corrected chi connectivity index (χ4v) is 3.82. The Labute approximate surface area is 162 Å². The van der Waals surface area contributed by atoms with Crippen molar-refractivity contribution in [3.05, 3.63) is 35.4 Å². The van der Waals surface area contributed by atoms with E-state index in [1.54, 1.807) is 29.2 Å². The standard InChI is InChI=1S/C20H31NO5Si/c1-20(2,3)27(4,5)26-14-16-13-25-11-10-21(16)19(24)17-9-7-6-8-15(17)12-18(22)23/h6-9,16H,10-14H2,1-5H3,(H,22,23). The topological polar surface area (TPSA) is 76.1 Å². The molecule has 2 rings (SSSR count). The van der Waals surface area contributed by atoms with E-state index in [0.29, 0.717) is 37.5 Å². The van der Waals surface area contributed by atoms with Crippen LogP contribution in [0.2, 0.25) is 18.1 Å². The number of hydrogen-bond donors (Lipinski definition) is 1. The van der Waals surface area contributed by atoms with Gasteiger partial charge in [-0.15, -0.1) is 0 Å². The van der Waals surface area contributed by atoms with E-state index in [1.807, 2.05) is 0 Å². The van der Waals surface area contributed by atoms with Crippen LogP contribution in [0.1, 0.15) is 36.7 Å².